The number of hydrogen-bond donors (Lipinski definition) is 0. The highest BCUT2D eigenvalue weighted by Crippen LogP contribution is 2.43. The fourth-order valence-corrected chi connectivity index (χ4v) is 13.0. The van der Waals surface area contributed by atoms with E-state index in [2.05, 4.69) is 143 Å². The molecule has 0 amide bonds. The van der Waals surface area contributed by atoms with E-state index in [0.717, 1.165) is 94.1 Å². The molecule has 14 aromatic rings. The second-order valence-electron chi connectivity index (χ2n) is 17.0. The largest absolute Gasteiger partial charge is 0.307 e. The molecule has 0 N–H and O–H groups in total. The molecule has 0 saturated carbocycles. The summed E-state index contributed by atoms with van der Waals surface area (Å²) in [7, 11) is -4.04. The molecule has 14 rings (SSSR count). The van der Waals surface area contributed by atoms with E-state index in [0.29, 0.717) is 11.0 Å². The number of aryl methyl sites for hydroxylation is 1. The van der Waals surface area contributed by atoms with Crippen LogP contribution in [0.1, 0.15) is 5.56 Å². The number of hydrogen-bond acceptors (Lipinski definition) is 8. The average molecular weight is 920 g/mol. The van der Waals surface area contributed by atoms with Crippen LogP contribution in [0.4, 0.5) is 0 Å². The van der Waals surface area contributed by atoms with Gasteiger partial charge in [0.15, 0.2) is 0 Å². The zero-order valence-corrected chi connectivity index (χ0v) is 37.9. The third-order valence-electron chi connectivity index (χ3n) is 13.3. The Hall–Kier alpha value is -8.03. The fourth-order valence-electron chi connectivity index (χ4n) is 10.3. The van der Waals surface area contributed by atoms with Crippen LogP contribution in [-0.4, -0.2) is 39.0 Å². The lowest BCUT2D eigenvalue weighted by Gasteiger charge is -2.12. The zero-order valence-electron chi connectivity index (χ0n) is 35.5. The van der Waals surface area contributed by atoms with Gasteiger partial charge in [-0.15, -0.1) is 0 Å². The van der Waals surface area contributed by atoms with Gasteiger partial charge in [-0.2, -0.15) is 17.5 Å². The van der Waals surface area contributed by atoms with Crippen molar-refractivity contribution in [3.05, 3.63) is 188 Å². The van der Waals surface area contributed by atoms with E-state index in [9.17, 15) is 8.42 Å². The molecule has 0 radical (unpaired) electrons. The number of para-hydroxylation sites is 4. The van der Waals surface area contributed by atoms with Gasteiger partial charge in [0.2, 0.25) is 0 Å². The highest BCUT2D eigenvalue weighted by molar-refractivity contribution is 7.90. The van der Waals surface area contributed by atoms with Gasteiger partial charge in [-0.3, -0.25) is 0 Å². The number of nitrogens with zero attached hydrogens (tertiary/aromatic N) is 7. The fraction of sp³-hybridized carbons (Fsp3) is 0.0182. The number of aromatic nitrogens is 7. The molecule has 318 valence electrons. The van der Waals surface area contributed by atoms with Crippen LogP contribution in [0.15, 0.2) is 187 Å². The lowest BCUT2D eigenvalue weighted by atomic mass is 9.98. The van der Waals surface area contributed by atoms with Crippen molar-refractivity contribution in [2.24, 2.45) is 0 Å². The molecular weight excluding hydrogens is 887 g/mol. The molecule has 0 spiro atoms. The Morgan fingerprint density at radius 1 is 0.388 bits per heavy atom. The maximum Gasteiger partial charge on any atom is 0.268 e. The summed E-state index contributed by atoms with van der Waals surface area (Å²) in [6.45, 7) is 1.95. The molecule has 9 nitrogen and oxygen atoms in total. The van der Waals surface area contributed by atoms with Crippen molar-refractivity contribution in [3.8, 4) is 33.6 Å². The van der Waals surface area contributed by atoms with Crippen molar-refractivity contribution >= 4 is 121 Å². The molecule has 0 unspecified atom stereocenters. The smallest absolute Gasteiger partial charge is 0.268 e. The molecule has 0 bridgehead atoms. The van der Waals surface area contributed by atoms with Gasteiger partial charge in [0.1, 0.15) is 22.1 Å². The van der Waals surface area contributed by atoms with E-state index >= 15 is 0 Å². The van der Waals surface area contributed by atoms with Gasteiger partial charge < -0.3 is 9.13 Å². The third kappa shape index (κ3) is 5.48. The van der Waals surface area contributed by atoms with Gasteiger partial charge in [-0.05, 0) is 103 Å². The van der Waals surface area contributed by atoms with Crippen molar-refractivity contribution in [2.45, 2.75) is 11.8 Å². The summed E-state index contributed by atoms with van der Waals surface area (Å²) in [5, 5.41) is 6.28. The Labute approximate surface area is 390 Å². The van der Waals surface area contributed by atoms with Crippen molar-refractivity contribution in [3.63, 3.8) is 0 Å². The first kappa shape index (κ1) is 38.3. The maximum atomic E-state index is 14.8. The van der Waals surface area contributed by atoms with Crippen molar-refractivity contribution < 1.29 is 8.42 Å². The summed E-state index contributed by atoms with van der Waals surface area (Å²) in [6, 6.07) is 61.3. The minimum Gasteiger partial charge on any atom is -0.307 e. The molecule has 5 heterocycles. The summed E-state index contributed by atoms with van der Waals surface area (Å²) in [5.41, 5.74) is 15.2. The first-order valence-corrected chi connectivity index (χ1v) is 24.7. The molecule has 0 aliphatic heterocycles. The van der Waals surface area contributed by atoms with Crippen LogP contribution in [0, 0.1) is 6.92 Å². The van der Waals surface area contributed by atoms with E-state index in [1.165, 1.54) is 49.0 Å². The second kappa shape index (κ2) is 14.2. The zero-order chi connectivity index (χ0) is 44.5. The number of benzene rings is 9. The van der Waals surface area contributed by atoms with Crippen LogP contribution >= 0.6 is 23.5 Å². The Morgan fingerprint density at radius 2 is 0.776 bits per heavy atom. The van der Waals surface area contributed by atoms with Crippen molar-refractivity contribution in [1.82, 2.24) is 30.6 Å². The first-order chi connectivity index (χ1) is 32.9. The maximum absolute atomic E-state index is 14.8. The lowest BCUT2D eigenvalue weighted by molar-refractivity contribution is 0.590. The normalized spacial score (nSPS) is 12.4. The van der Waals surface area contributed by atoms with E-state index in [4.69, 9.17) is 17.5 Å². The quantitative estimate of drug-likeness (QED) is 0.165. The van der Waals surface area contributed by atoms with Gasteiger partial charge in [0, 0.05) is 43.4 Å². The highest BCUT2D eigenvalue weighted by Gasteiger charge is 2.26. The molecule has 5 aromatic heterocycles. The van der Waals surface area contributed by atoms with E-state index < -0.39 is 10.0 Å². The van der Waals surface area contributed by atoms with E-state index in [1.807, 2.05) is 43.3 Å². The Balaban J connectivity index is 0.974. The Morgan fingerprint density at radius 3 is 1.19 bits per heavy atom. The molecule has 67 heavy (non-hydrogen) atoms. The van der Waals surface area contributed by atoms with E-state index in [-0.39, 0.29) is 4.90 Å². The molecule has 9 aromatic carbocycles. The number of fused-ring (bicyclic) bond motifs is 11. The monoisotopic (exact) mass is 919 g/mol. The molecule has 12 heteroatoms. The van der Waals surface area contributed by atoms with Crippen LogP contribution in [-0.2, 0) is 10.0 Å². The SMILES string of the molecule is Cc1ccc(S(=O)(=O)n2c3ccc(-c4ccc(-n5c6ccccc6c6ccccc65)c5nsnc45)cc3c3cc(-c4ccc(-n5c6ccccc6c6ccccc65)c5nsnc45)ccc32)cc1. The van der Waals surface area contributed by atoms with Gasteiger partial charge in [0.05, 0.1) is 72.8 Å². The van der Waals surface area contributed by atoms with Gasteiger partial charge in [0.25, 0.3) is 10.0 Å². The van der Waals surface area contributed by atoms with Crippen molar-refractivity contribution in [2.75, 3.05) is 0 Å². The minimum atomic E-state index is -4.04. The second-order valence-corrected chi connectivity index (χ2v) is 19.8. The topological polar surface area (TPSA) is 100 Å². The van der Waals surface area contributed by atoms with E-state index in [1.54, 1.807) is 12.1 Å². The Kier molecular flexibility index (Phi) is 8.13. The minimum absolute atomic E-state index is 0.219. The first-order valence-electron chi connectivity index (χ1n) is 21.8. The Bertz CT molecular complexity index is 4140. The molecule has 0 aliphatic rings. The summed E-state index contributed by atoms with van der Waals surface area (Å²) in [5.74, 6) is 0. The summed E-state index contributed by atoms with van der Waals surface area (Å²) >= 11 is 2.38. The molecule has 0 atom stereocenters. The lowest BCUT2D eigenvalue weighted by Crippen LogP contribution is -2.12. The molecule has 0 fully saturated rings. The third-order valence-corrected chi connectivity index (χ3v) is 16.1. The average Bonchev–Trinajstić information content (AvgIpc) is 4.22. The summed E-state index contributed by atoms with van der Waals surface area (Å²) in [4.78, 5) is 0.219. The molecular formula is C55H33N7O2S3. The van der Waals surface area contributed by atoms with Gasteiger partial charge in [-0.1, -0.05) is 103 Å². The van der Waals surface area contributed by atoms with Crippen LogP contribution in [0.25, 0.3) is 121 Å². The van der Waals surface area contributed by atoms with Crippen molar-refractivity contribution in [1.29, 1.82) is 0 Å². The molecule has 0 aliphatic carbocycles. The predicted octanol–water partition coefficient (Wildman–Crippen LogP) is 13.9. The summed E-state index contributed by atoms with van der Waals surface area (Å²) < 4.78 is 55.3. The summed E-state index contributed by atoms with van der Waals surface area (Å²) in [6.07, 6.45) is 0. The number of rotatable bonds is 6. The van der Waals surface area contributed by atoms with Gasteiger partial charge in [-0.25, -0.2) is 12.4 Å². The van der Waals surface area contributed by atoms with Crippen LogP contribution < -0.4 is 0 Å². The molecule has 0 saturated heterocycles. The highest BCUT2D eigenvalue weighted by atomic mass is 32.2. The predicted molar refractivity (Wildman–Crippen MR) is 275 cm³/mol. The van der Waals surface area contributed by atoms with Crippen LogP contribution in [0.2, 0.25) is 0 Å². The standard InChI is InChI=1S/C55H33N7O2S3/c1-32-18-22-35(23-19-32)67(63,64)62-48-26-20-33(36-24-28-50(54-52(36)56-65-58-54)60-44-14-6-2-10-38(44)39-11-3-7-15-45(39)60)30-42(48)43-31-34(21-27-49(43)62)37-25-29-51(55-53(37)57-66-59-55)61-46-16-8-4-12-40(46)41-13-5-9-17-47(41)61/h2-31H,1H3. The van der Waals surface area contributed by atoms with Gasteiger partial charge >= 0.3 is 0 Å². The van der Waals surface area contributed by atoms with Crippen LogP contribution in [0.3, 0.4) is 0 Å². The van der Waals surface area contributed by atoms with Crippen LogP contribution in [0.5, 0.6) is 0 Å².